The average Bonchev–Trinajstić information content (AvgIpc) is 3.14. The van der Waals surface area contributed by atoms with Crippen LogP contribution in [0, 0.1) is 0 Å². The summed E-state index contributed by atoms with van der Waals surface area (Å²) < 4.78 is 10.4. The van der Waals surface area contributed by atoms with Gasteiger partial charge in [0.2, 0.25) is 24.0 Å². The molecule has 2 aromatic carbocycles. The maximum atomic E-state index is 13.0. The molecule has 2 aromatic rings. The van der Waals surface area contributed by atoms with E-state index in [1.807, 2.05) is 6.07 Å². The van der Waals surface area contributed by atoms with Crippen LogP contribution in [-0.4, -0.2) is 53.9 Å². The molecule has 4 rings (SSSR count). The Morgan fingerprint density at radius 2 is 1.76 bits per heavy atom. The smallest absolute Gasteiger partial charge is 0.304 e. The molecule has 0 aromatic heterocycles. The maximum absolute atomic E-state index is 13.0. The number of ketones is 1. The molecule has 2 aliphatic heterocycles. The van der Waals surface area contributed by atoms with Gasteiger partial charge in [0, 0.05) is 13.3 Å². The number of Topliss-reactive ketones (excluding diaryl/α,β-unsaturated/α-hetero) is 1. The van der Waals surface area contributed by atoms with Gasteiger partial charge >= 0.3 is 5.97 Å². The lowest BCUT2D eigenvalue weighted by atomic mass is 10.0. The largest absolute Gasteiger partial charge is 0.472 e. The maximum Gasteiger partial charge on any atom is 0.304 e. The Bertz CT molecular complexity index is 1120. The number of esters is 1. The number of ether oxygens (including phenoxy) is 2. The molecule has 4 atom stereocenters. The van der Waals surface area contributed by atoms with Crippen molar-refractivity contribution in [2.45, 2.75) is 37.8 Å². The second-order valence-corrected chi connectivity index (χ2v) is 7.63. The van der Waals surface area contributed by atoms with Crippen LogP contribution in [0.25, 0.3) is 0 Å². The number of hydrogen-bond donors (Lipinski definition) is 3. The van der Waals surface area contributed by atoms with E-state index in [1.54, 1.807) is 48.5 Å². The van der Waals surface area contributed by atoms with Crippen molar-refractivity contribution in [2.75, 3.05) is 0 Å². The zero-order chi connectivity index (χ0) is 23.5. The van der Waals surface area contributed by atoms with E-state index in [4.69, 9.17) is 9.47 Å². The first-order valence-corrected chi connectivity index (χ1v) is 10.3. The molecule has 170 valence electrons. The Morgan fingerprint density at radius 3 is 2.42 bits per heavy atom. The minimum absolute atomic E-state index is 0.0961. The summed E-state index contributed by atoms with van der Waals surface area (Å²) in [6, 6.07) is 13.2. The fourth-order valence-electron chi connectivity index (χ4n) is 3.60. The van der Waals surface area contributed by atoms with Crippen LogP contribution in [0.2, 0.25) is 0 Å². The van der Waals surface area contributed by atoms with E-state index >= 15 is 0 Å². The average molecular weight is 451 g/mol. The number of nitrogens with one attached hydrogen (secondary N) is 3. The van der Waals surface area contributed by atoms with Crippen LogP contribution in [0.4, 0.5) is 0 Å². The van der Waals surface area contributed by atoms with Crippen LogP contribution in [0.1, 0.15) is 22.8 Å². The molecule has 33 heavy (non-hydrogen) atoms. The Kier molecular flexibility index (Phi) is 6.07. The zero-order valence-electron chi connectivity index (χ0n) is 17.6. The highest BCUT2D eigenvalue weighted by Gasteiger charge is 2.44. The number of rotatable bonds is 7. The number of para-hydroxylation sites is 1. The highest BCUT2D eigenvalue weighted by atomic mass is 16.6. The molecule has 1 fully saturated rings. The fraction of sp³-hybridized carbons (Fsp3) is 0.261. The van der Waals surface area contributed by atoms with E-state index < -0.39 is 53.9 Å². The van der Waals surface area contributed by atoms with Gasteiger partial charge in [0.25, 0.3) is 11.8 Å². The van der Waals surface area contributed by atoms with Crippen LogP contribution in [-0.2, 0) is 30.3 Å². The second kappa shape index (κ2) is 9.11. The molecule has 3 N–H and O–H groups in total. The monoisotopic (exact) mass is 451 g/mol. The van der Waals surface area contributed by atoms with Gasteiger partial charge in [0.15, 0.2) is 6.04 Å². The molecular weight excluding hydrogens is 430 g/mol. The summed E-state index contributed by atoms with van der Waals surface area (Å²) in [6.45, 7) is 1.18. The Morgan fingerprint density at radius 1 is 1.06 bits per heavy atom. The van der Waals surface area contributed by atoms with Crippen molar-refractivity contribution in [3.8, 4) is 5.75 Å². The van der Waals surface area contributed by atoms with Crippen molar-refractivity contribution in [2.24, 2.45) is 0 Å². The van der Waals surface area contributed by atoms with Crippen LogP contribution < -0.4 is 20.7 Å². The normalized spacial score (nSPS) is 21.5. The molecule has 10 heteroatoms. The quantitative estimate of drug-likeness (QED) is 0.302. The second-order valence-electron chi connectivity index (χ2n) is 7.63. The van der Waals surface area contributed by atoms with Gasteiger partial charge in [0.1, 0.15) is 11.8 Å². The van der Waals surface area contributed by atoms with Gasteiger partial charge in [0.05, 0.1) is 5.56 Å². The van der Waals surface area contributed by atoms with Crippen LogP contribution in [0.3, 0.4) is 0 Å². The zero-order valence-corrected chi connectivity index (χ0v) is 17.6. The van der Waals surface area contributed by atoms with Crippen molar-refractivity contribution in [1.82, 2.24) is 16.0 Å². The van der Waals surface area contributed by atoms with Gasteiger partial charge in [-0.1, -0.05) is 42.5 Å². The third kappa shape index (κ3) is 4.69. The molecule has 3 amide bonds. The number of amides is 3. The van der Waals surface area contributed by atoms with Crippen molar-refractivity contribution in [3.05, 3.63) is 65.7 Å². The standard InChI is InChI=1S/C23H21N3O7/c1-12(27)32-23-17(21(30)26-23)25-20(29)15(11-13-7-3-2-4-8-13)24-22(31)19-18(28)14-9-5-6-10-16(14)33-19/h2-10,15,17,19,23H,11H2,1H3,(H,24,31)(H,25,29)(H,26,30)/t15-,17+,19?,23-/m0/s1. The highest BCUT2D eigenvalue weighted by molar-refractivity contribution is 6.16. The van der Waals surface area contributed by atoms with Crippen molar-refractivity contribution in [3.63, 3.8) is 0 Å². The number of β-lactam (4-membered cyclic amide) rings is 1. The number of benzene rings is 2. The van der Waals surface area contributed by atoms with Crippen molar-refractivity contribution >= 4 is 29.5 Å². The van der Waals surface area contributed by atoms with E-state index in [9.17, 15) is 24.0 Å². The number of fused-ring (bicyclic) bond motifs is 1. The predicted octanol–water partition coefficient (Wildman–Crippen LogP) is -0.138. The van der Waals surface area contributed by atoms with Gasteiger partial charge in [-0.2, -0.15) is 0 Å². The summed E-state index contributed by atoms with van der Waals surface area (Å²) in [5, 5.41) is 7.43. The summed E-state index contributed by atoms with van der Waals surface area (Å²) in [5.41, 5.74) is 1.03. The van der Waals surface area contributed by atoms with Gasteiger partial charge in [-0.15, -0.1) is 0 Å². The van der Waals surface area contributed by atoms with Crippen LogP contribution in [0.5, 0.6) is 5.75 Å². The molecule has 1 saturated heterocycles. The minimum atomic E-state index is -1.42. The summed E-state index contributed by atoms with van der Waals surface area (Å²) in [7, 11) is 0. The van der Waals surface area contributed by atoms with Gasteiger partial charge in [-0.3, -0.25) is 24.0 Å². The topological polar surface area (TPSA) is 140 Å². The minimum Gasteiger partial charge on any atom is -0.472 e. The fourth-order valence-corrected chi connectivity index (χ4v) is 3.60. The van der Waals surface area contributed by atoms with E-state index in [0.29, 0.717) is 5.75 Å². The van der Waals surface area contributed by atoms with Crippen molar-refractivity contribution in [1.29, 1.82) is 0 Å². The molecule has 2 heterocycles. The SMILES string of the molecule is CC(=O)O[C@@H]1NC(=O)[C@H]1NC(=O)[C@H](Cc1ccccc1)NC(=O)C1Oc2ccccc2C1=O. The van der Waals surface area contributed by atoms with Crippen LogP contribution >= 0.6 is 0 Å². The lowest BCUT2D eigenvalue weighted by Gasteiger charge is -2.36. The third-order valence-corrected chi connectivity index (χ3v) is 5.25. The molecule has 0 bridgehead atoms. The Hall–Kier alpha value is -4.21. The molecule has 2 aliphatic rings. The lowest BCUT2D eigenvalue weighted by molar-refractivity contribution is -0.164. The number of hydrogen-bond acceptors (Lipinski definition) is 7. The molecular formula is C23H21N3O7. The Labute approximate surface area is 188 Å². The van der Waals surface area contributed by atoms with E-state index in [1.165, 1.54) is 6.92 Å². The number of carbonyl (C=O) groups excluding carboxylic acids is 5. The summed E-state index contributed by atoms with van der Waals surface area (Å²) >= 11 is 0. The van der Waals surface area contributed by atoms with E-state index in [0.717, 1.165) is 5.56 Å². The third-order valence-electron chi connectivity index (χ3n) is 5.25. The predicted molar refractivity (Wildman–Crippen MR) is 113 cm³/mol. The molecule has 0 spiro atoms. The van der Waals surface area contributed by atoms with E-state index in [-0.39, 0.29) is 12.0 Å². The Balaban J connectivity index is 1.48. The number of carbonyl (C=O) groups is 5. The molecule has 0 saturated carbocycles. The molecule has 0 aliphatic carbocycles. The van der Waals surface area contributed by atoms with Crippen molar-refractivity contribution < 1.29 is 33.4 Å². The first-order chi connectivity index (χ1) is 15.8. The van der Waals surface area contributed by atoms with Gasteiger partial charge < -0.3 is 25.4 Å². The first-order valence-electron chi connectivity index (χ1n) is 10.3. The van der Waals surface area contributed by atoms with Crippen LogP contribution in [0.15, 0.2) is 54.6 Å². The first kappa shape index (κ1) is 22.0. The van der Waals surface area contributed by atoms with Gasteiger partial charge in [-0.25, -0.2) is 0 Å². The summed E-state index contributed by atoms with van der Waals surface area (Å²) in [5.74, 6) is -2.81. The molecule has 1 unspecified atom stereocenters. The molecule has 10 nitrogen and oxygen atoms in total. The summed E-state index contributed by atoms with van der Waals surface area (Å²) in [4.78, 5) is 61.5. The highest BCUT2D eigenvalue weighted by Crippen LogP contribution is 2.28. The van der Waals surface area contributed by atoms with Gasteiger partial charge in [-0.05, 0) is 17.7 Å². The van der Waals surface area contributed by atoms with E-state index in [2.05, 4.69) is 16.0 Å². The molecule has 0 radical (unpaired) electrons. The summed E-state index contributed by atoms with van der Waals surface area (Å²) in [6.07, 6.45) is -2.32. The lowest BCUT2D eigenvalue weighted by Crippen LogP contribution is -2.71.